The van der Waals surface area contributed by atoms with Gasteiger partial charge in [-0.15, -0.1) is 0 Å². The standard InChI is InChI=1S/C12H17BrO3/c1-9(7-14-2)16-8-10-6-11(15-3)4-5-12(10)13/h4-6,9H,7-8H2,1-3H3. The fraction of sp³-hybridized carbons (Fsp3) is 0.500. The van der Waals surface area contributed by atoms with E-state index in [1.165, 1.54) is 0 Å². The Morgan fingerprint density at radius 1 is 1.31 bits per heavy atom. The number of methoxy groups -OCH3 is 2. The molecule has 3 nitrogen and oxygen atoms in total. The van der Waals surface area contributed by atoms with Crippen LogP contribution in [0.15, 0.2) is 22.7 Å². The van der Waals surface area contributed by atoms with E-state index in [9.17, 15) is 0 Å². The maximum atomic E-state index is 5.64. The summed E-state index contributed by atoms with van der Waals surface area (Å²) in [6, 6.07) is 5.83. The monoisotopic (exact) mass is 288 g/mol. The minimum absolute atomic E-state index is 0.0862. The van der Waals surface area contributed by atoms with E-state index in [4.69, 9.17) is 14.2 Å². The second kappa shape index (κ2) is 6.89. The van der Waals surface area contributed by atoms with Crippen molar-refractivity contribution in [2.45, 2.75) is 19.6 Å². The smallest absolute Gasteiger partial charge is 0.119 e. The van der Waals surface area contributed by atoms with Gasteiger partial charge in [-0.3, -0.25) is 0 Å². The van der Waals surface area contributed by atoms with E-state index in [2.05, 4.69) is 15.9 Å². The third kappa shape index (κ3) is 4.12. The summed E-state index contributed by atoms with van der Waals surface area (Å²) in [5, 5.41) is 0. The molecule has 0 aromatic heterocycles. The quantitative estimate of drug-likeness (QED) is 0.805. The third-order valence-corrected chi connectivity index (χ3v) is 2.95. The lowest BCUT2D eigenvalue weighted by atomic mass is 10.2. The van der Waals surface area contributed by atoms with Crippen LogP contribution in [-0.2, 0) is 16.1 Å². The van der Waals surface area contributed by atoms with Gasteiger partial charge in [-0.1, -0.05) is 15.9 Å². The van der Waals surface area contributed by atoms with Crippen LogP contribution in [0.5, 0.6) is 5.75 Å². The summed E-state index contributed by atoms with van der Waals surface area (Å²) in [5.74, 6) is 0.834. The van der Waals surface area contributed by atoms with E-state index >= 15 is 0 Å². The van der Waals surface area contributed by atoms with Crippen molar-refractivity contribution in [2.75, 3.05) is 20.8 Å². The molecule has 0 N–H and O–H groups in total. The van der Waals surface area contributed by atoms with Crippen LogP contribution in [0.25, 0.3) is 0 Å². The molecule has 1 atom stereocenters. The molecule has 0 aliphatic carbocycles. The predicted molar refractivity (Wildman–Crippen MR) is 66.8 cm³/mol. The third-order valence-electron chi connectivity index (χ3n) is 2.18. The highest BCUT2D eigenvalue weighted by atomic mass is 79.9. The second-order valence-corrected chi connectivity index (χ2v) is 4.39. The van der Waals surface area contributed by atoms with Crippen molar-refractivity contribution in [1.82, 2.24) is 0 Å². The highest BCUT2D eigenvalue weighted by Crippen LogP contribution is 2.23. The summed E-state index contributed by atoms with van der Waals surface area (Å²) in [6.07, 6.45) is 0.0862. The van der Waals surface area contributed by atoms with Gasteiger partial charge in [0, 0.05) is 11.6 Å². The topological polar surface area (TPSA) is 27.7 Å². The summed E-state index contributed by atoms with van der Waals surface area (Å²) < 4.78 is 16.8. The highest BCUT2D eigenvalue weighted by molar-refractivity contribution is 9.10. The van der Waals surface area contributed by atoms with E-state index in [1.54, 1.807) is 14.2 Å². The van der Waals surface area contributed by atoms with Crippen LogP contribution in [-0.4, -0.2) is 26.9 Å². The molecule has 90 valence electrons. The Labute approximate surface area is 105 Å². The Morgan fingerprint density at radius 3 is 2.69 bits per heavy atom. The zero-order valence-electron chi connectivity index (χ0n) is 9.83. The Morgan fingerprint density at radius 2 is 2.06 bits per heavy atom. The lowest BCUT2D eigenvalue weighted by molar-refractivity contribution is -0.000378. The number of hydrogen-bond donors (Lipinski definition) is 0. The van der Waals surface area contributed by atoms with Gasteiger partial charge in [0.25, 0.3) is 0 Å². The normalized spacial score (nSPS) is 12.5. The molecule has 0 saturated carbocycles. The first kappa shape index (κ1) is 13.5. The minimum atomic E-state index is 0.0862. The van der Waals surface area contributed by atoms with Crippen molar-refractivity contribution in [3.8, 4) is 5.75 Å². The number of hydrogen-bond acceptors (Lipinski definition) is 3. The molecular weight excluding hydrogens is 272 g/mol. The highest BCUT2D eigenvalue weighted by Gasteiger charge is 2.06. The van der Waals surface area contributed by atoms with Crippen molar-refractivity contribution in [1.29, 1.82) is 0 Å². The molecule has 0 aliphatic heterocycles. The Hall–Kier alpha value is -0.580. The van der Waals surface area contributed by atoms with Gasteiger partial charge in [0.1, 0.15) is 5.75 Å². The molecule has 0 spiro atoms. The van der Waals surface area contributed by atoms with Gasteiger partial charge in [-0.05, 0) is 30.7 Å². The Bertz CT molecular complexity index is 328. The fourth-order valence-corrected chi connectivity index (χ4v) is 1.66. The average Bonchev–Trinajstić information content (AvgIpc) is 2.28. The van der Waals surface area contributed by atoms with Gasteiger partial charge in [0.15, 0.2) is 0 Å². The average molecular weight is 289 g/mol. The van der Waals surface area contributed by atoms with Crippen LogP contribution in [0.2, 0.25) is 0 Å². The molecule has 1 aromatic carbocycles. The maximum Gasteiger partial charge on any atom is 0.119 e. The molecule has 1 rings (SSSR count). The van der Waals surface area contributed by atoms with Crippen LogP contribution in [0.1, 0.15) is 12.5 Å². The molecule has 4 heteroatoms. The van der Waals surface area contributed by atoms with Gasteiger partial charge in [0.05, 0.1) is 26.4 Å². The molecular formula is C12H17BrO3. The molecule has 0 heterocycles. The minimum Gasteiger partial charge on any atom is -0.497 e. The first-order chi connectivity index (χ1) is 7.67. The van der Waals surface area contributed by atoms with E-state index in [1.807, 2.05) is 25.1 Å². The van der Waals surface area contributed by atoms with Gasteiger partial charge < -0.3 is 14.2 Å². The zero-order valence-corrected chi connectivity index (χ0v) is 11.4. The summed E-state index contributed by atoms with van der Waals surface area (Å²) in [4.78, 5) is 0. The summed E-state index contributed by atoms with van der Waals surface area (Å²) in [7, 11) is 3.32. The van der Waals surface area contributed by atoms with Crippen LogP contribution in [0.4, 0.5) is 0 Å². The van der Waals surface area contributed by atoms with Crippen molar-refractivity contribution in [2.24, 2.45) is 0 Å². The number of halogens is 1. The van der Waals surface area contributed by atoms with Crippen molar-refractivity contribution < 1.29 is 14.2 Å². The van der Waals surface area contributed by atoms with E-state index in [0.717, 1.165) is 15.8 Å². The number of ether oxygens (including phenoxy) is 3. The largest absolute Gasteiger partial charge is 0.497 e. The van der Waals surface area contributed by atoms with Gasteiger partial charge in [-0.25, -0.2) is 0 Å². The molecule has 0 amide bonds. The van der Waals surface area contributed by atoms with Gasteiger partial charge in [-0.2, -0.15) is 0 Å². The fourth-order valence-electron chi connectivity index (χ4n) is 1.30. The summed E-state index contributed by atoms with van der Waals surface area (Å²) >= 11 is 3.48. The van der Waals surface area contributed by atoms with E-state index in [0.29, 0.717) is 13.2 Å². The van der Waals surface area contributed by atoms with Crippen LogP contribution >= 0.6 is 15.9 Å². The predicted octanol–water partition coefficient (Wildman–Crippen LogP) is 3.01. The molecule has 1 unspecified atom stereocenters. The molecule has 16 heavy (non-hydrogen) atoms. The Kier molecular flexibility index (Phi) is 5.80. The Balaban J connectivity index is 2.58. The summed E-state index contributed by atoms with van der Waals surface area (Å²) in [6.45, 7) is 3.13. The van der Waals surface area contributed by atoms with Crippen molar-refractivity contribution in [3.63, 3.8) is 0 Å². The van der Waals surface area contributed by atoms with Crippen molar-refractivity contribution in [3.05, 3.63) is 28.2 Å². The lowest BCUT2D eigenvalue weighted by Gasteiger charge is -2.13. The maximum absolute atomic E-state index is 5.64. The molecule has 0 saturated heterocycles. The van der Waals surface area contributed by atoms with Crippen LogP contribution in [0, 0.1) is 0 Å². The van der Waals surface area contributed by atoms with Crippen LogP contribution < -0.4 is 4.74 Å². The lowest BCUT2D eigenvalue weighted by Crippen LogP contribution is -2.14. The van der Waals surface area contributed by atoms with Crippen LogP contribution in [0.3, 0.4) is 0 Å². The van der Waals surface area contributed by atoms with Crippen molar-refractivity contribution >= 4 is 15.9 Å². The zero-order chi connectivity index (χ0) is 12.0. The first-order valence-electron chi connectivity index (χ1n) is 5.10. The molecule has 0 bridgehead atoms. The SMILES string of the molecule is COCC(C)OCc1cc(OC)ccc1Br. The first-order valence-corrected chi connectivity index (χ1v) is 5.89. The molecule has 1 aromatic rings. The summed E-state index contributed by atoms with van der Waals surface area (Å²) in [5.41, 5.74) is 1.07. The molecule has 0 fully saturated rings. The van der Waals surface area contributed by atoms with E-state index < -0.39 is 0 Å². The molecule has 0 aliphatic rings. The number of benzene rings is 1. The molecule has 0 radical (unpaired) electrons. The van der Waals surface area contributed by atoms with Gasteiger partial charge >= 0.3 is 0 Å². The second-order valence-electron chi connectivity index (χ2n) is 3.53. The van der Waals surface area contributed by atoms with E-state index in [-0.39, 0.29) is 6.10 Å². The van der Waals surface area contributed by atoms with Gasteiger partial charge in [0.2, 0.25) is 0 Å². The number of rotatable bonds is 6.